The number of nitrogens with one attached hydrogen (secondary N) is 1. The molecular weight excluding hydrogens is 222 g/mol. The van der Waals surface area contributed by atoms with E-state index in [1.165, 1.54) is 31.2 Å². The number of unbranched alkanes of at least 4 members (excludes halogenated alkanes) is 2. The van der Waals surface area contributed by atoms with Gasteiger partial charge in [-0.25, -0.2) is 0 Å². The van der Waals surface area contributed by atoms with Crippen molar-refractivity contribution in [1.82, 2.24) is 0 Å². The highest BCUT2D eigenvalue weighted by atomic mass is 16.3. The van der Waals surface area contributed by atoms with Gasteiger partial charge >= 0.3 is 0 Å². The summed E-state index contributed by atoms with van der Waals surface area (Å²) in [7, 11) is 0. The molecule has 1 aromatic rings. The van der Waals surface area contributed by atoms with Gasteiger partial charge in [0.15, 0.2) is 0 Å². The summed E-state index contributed by atoms with van der Waals surface area (Å²) >= 11 is 0. The van der Waals surface area contributed by atoms with Crippen LogP contribution < -0.4 is 5.32 Å². The molecule has 0 bridgehead atoms. The molecule has 0 aliphatic rings. The van der Waals surface area contributed by atoms with Crippen LogP contribution >= 0.6 is 0 Å². The normalized spacial score (nSPS) is 12.4. The summed E-state index contributed by atoms with van der Waals surface area (Å²) in [6.45, 7) is 6.59. The summed E-state index contributed by atoms with van der Waals surface area (Å²) in [5, 5.41) is 13.5. The fourth-order valence-electron chi connectivity index (χ4n) is 2.16. The molecule has 2 nitrogen and oxygen atoms in total. The number of aryl methyl sites for hydroxylation is 1. The minimum absolute atomic E-state index is 0.381. The van der Waals surface area contributed by atoms with E-state index in [9.17, 15) is 5.11 Å². The Bertz CT molecular complexity index is 349. The van der Waals surface area contributed by atoms with Gasteiger partial charge in [-0.3, -0.25) is 0 Å². The molecule has 0 saturated carbocycles. The molecule has 0 saturated heterocycles. The Morgan fingerprint density at radius 2 is 1.89 bits per heavy atom. The molecule has 1 aromatic carbocycles. The van der Waals surface area contributed by atoms with E-state index in [4.69, 9.17) is 0 Å². The first-order valence-corrected chi connectivity index (χ1v) is 7.26. The van der Waals surface area contributed by atoms with Crippen molar-refractivity contribution in [3.8, 4) is 5.75 Å². The summed E-state index contributed by atoms with van der Waals surface area (Å²) in [4.78, 5) is 0. The third-order valence-corrected chi connectivity index (χ3v) is 3.31. The van der Waals surface area contributed by atoms with Gasteiger partial charge in [0.25, 0.3) is 0 Å². The Morgan fingerprint density at radius 1 is 1.17 bits per heavy atom. The zero-order chi connectivity index (χ0) is 13.4. The van der Waals surface area contributed by atoms with Gasteiger partial charge in [0.2, 0.25) is 0 Å². The van der Waals surface area contributed by atoms with Crippen LogP contribution in [-0.2, 0) is 6.42 Å². The van der Waals surface area contributed by atoms with Gasteiger partial charge in [0, 0.05) is 6.04 Å². The zero-order valence-electron chi connectivity index (χ0n) is 12.0. The van der Waals surface area contributed by atoms with Crippen LogP contribution in [0.2, 0.25) is 0 Å². The third-order valence-electron chi connectivity index (χ3n) is 3.31. The van der Waals surface area contributed by atoms with Crippen LogP contribution in [0.3, 0.4) is 0 Å². The number of aromatic hydroxyl groups is 1. The van der Waals surface area contributed by atoms with Gasteiger partial charge in [-0.05, 0) is 37.8 Å². The van der Waals surface area contributed by atoms with Crippen molar-refractivity contribution in [2.75, 3.05) is 5.32 Å². The molecule has 0 aromatic heterocycles. The largest absolute Gasteiger partial charge is 0.506 e. The second-order valence-electron chi connectivity index (χ2n) is 5.10. The van der Waals surface area contributed by atoms with Crippen LogP contribution in [0.25, 0.3) is 0 Å². The van der Waals surface area contributed by atoms with Crippen molar-refractivity contribution in [3.05, 3.63) is 23.8 Å². The first kappa shape index (κ1) is 14.9. The zero-order valence-corrected chi connectivity index (χ0v) is 12.0. The molecule has 0 spiro atoms. The van der Waals surface area contributed by atoms with Gasteiger partial charge in [0.05, 0.1) is 5.69 Å². The van der Waals surface area contributed by atoms with E-state index < -0.39 is 0 Å². The van der Waals surface area contributed by atoms with Crippen molar-refractivity contribution in [2.24, 2.45) is 0 Å². The lowest BCUT2D eigenvalue weighted by atomic mass is 10.0. The molecule has 18 heavy (non-hydrogen) atoms. The minimum Gasteiger partial charge on any atom is -0.506 e. The van der Waals surface area contributed by atoms with Gasteiger partial charge in [-0.2, -0.15) is 0 Å². The van der Waals surface area contributed by atoms with E-state index in [0.717, 1.165) is 18.5 Å². The van der Waals surface area contributed by atoms with Crippen molar-refractivity contribution in [3.63, 3.8) is 0 Å². The highest BCUT2D eigenvalue weighted by Crippen LogP contribution is 2.29. The van der Waals surface area contributed by atoms with Gasteiger partial charge in [-0.15, -0.1) is 0 Å². The van der Waals surface area contributed by atoms with E-state index in [1.54, 1.807) is 6.07 Å². The average molecular weight is 249 g/mol. The molecule has 1 unspecified atom stereocenters. The average Bonchev–Trinajstić information content (AvgIpc) is 2.37. The van der Waals surface area contributed by atoms with Crippen molar-refractivity contribution < 1.29 is 5.11 Å². The maximum Gasteiger partial charge on any atom is 0.138 e. The summed E-state index contributed by atoms with van der Waals surface area (Å²) in [6.07, 6.45) is 6.98. The fourth-order valence-corrected chi connectivity index (χ4v) is 2.16. The third kappa shape index (κ3) is 4.59. The fraction of sp³-hybridized carbons (Fsp3) is 0.625. The topological polar surface area (TPSA) is 32.3 Å². The van der Waals surface area contributed by atoms with E-state index >= 15 is 0 Å². The summed E-state index contributed by atoms with van der Waals surface area (Å²) < 4.78 is 0. The number of phenols is 1. The number of hydrogen-bond donors (Lipinski definition) is 2. The van der Waals surface area contributed by atoms with Gasteiger partial charge < -0.3 is 10.4 Å². The highest BCUT2D eigenvalue weighted by Gasteiger charge is 2.10. The number of benzene rings is 1. The summed E-state index contributed by atoms with van der Waals surface area (Å²) in [5.41, 5.74) is 2.18. The second kappa shape index (κ2) is 8.02. The predicted octanol–water partition coefficient (Wildman–Crippen LogP) is 4.73. The molecule has 1 atom stereocenters. The molecule has 2 N–H and O–H groups in total. The maximum atomic E-state index is 10.0. The van der Waals surface area contributed by atoms with Crippen molar-refractivity contribution >= 4 is 5.69 Å². The Morgan fingerprint density at radius 3 is 2.56 bits per heavy atom. The summed E-state index contributed by atoms with van der Waals surface area (Å²) in [5.74, 6) is 0.381. The van der Waals surface area contributed by atoms with E-state index in [1.807, 2.05) is 6.07 Å². The van der Waals surface area contributed by atoms with Gasteiger partial charge in [0.1, 0.15) is 5.75 Å². The number of phenolic OH excluding ortho intramolecular Hbond substituents is 1. The first-order valence-electron chi connectivity index (χ1n) is 7.26. The lowest BCUT2D eigenvalue weighted by molar-refractivity contribution is 0.475. The van der Waals surface area contributed by atoms with Gasteiger partial charge in [-0.1, -0.05) is 45.2 Å². The molecule has 0 heterocycles. The second-order valence-corrected chi connectivity index (χ2v) is 5.10. The highest BCUT2D eigenvalue weighted by molar-refractivity contribution is 5.61. The quantitative estimate of drug-likeness (QED) is 0.653. The van der Waals surface area contributed by atoms with Crippen molar-refractivity contribution in [1.29, 1.82) is 0 Å². The van der Waals surface area contributed by atoms with Crippen LogP contribution in [0.15, 0.2) is 18.2 Å². The predicted molar refractivity (Wildman–Crippen MR) is 79.3 cm³/mol. The molecule has 0 fully saturated rings. The molecule has 2 heteroatoms. The minimum atomic E-state index is 0.381. The van der Waals surface area contributed by atoms with Crippen LogP contribution in [-0.4, -0.2) is 11.1 Å². The Balaban J connectivity index is 2.72. The van der Waals surface area contributed by atoms with E-state index in [0.29, 0.717) is 11.8 Å². The lowest BCUT2D eigenvalue weighted by Gasteiger charge is -2.19. The summed E-state index contributed by atoms with van der Waals surface area (Å²) in [6, 6.07) is 6.23. The first-order chi connectivity index (χ1) is 8.69. The molecule has 102 valence electrons. The van der Waals surface area contributed by atoms with E-state index in [2.05, 4.69) is 32.2 Å². The smallest absolute Gasteiger partial charge is 0.138 e. The molecule has 0 radical (unpaired) electrons. The van der Waals surface area contributed by atoms with Crippen LogP contribution in [0.5, 0.6) is 5.75 Å². The molecule has 0 aliphatic carbocycles. The SMILES string of the molecule is CCCCc1cccc(O)c1NC(C)CCCC. The maximum absolute atomic E-state index is 10.0. The monoisotopic (exact) mass is 249 g/mol. The van der Waals surface area contributed by atoms with Crippen molar-refractivity contribution in [2.45, 2.75) is 65.3 Å². The molecule has 1 rings (SSSR count). The van der Waals surface area contributed by atoms with Crippen LogP contribution in [0, 0.1) is 0 Å². The molecule has 0 amide bonds. The Kier molecular flexibility index (Phi) is 6.63. The molecule has 0 aliphatic heterocycles. The number of anilines is 1. The number of para-hydroxylation sites is 1. The Labute approximate surface area is 111 Å². The van der Waals surface area contributed by atoms with E-state index in [-0.39, 0.29) is 0 Å². The van der Waals surface area contributed by atoms with Crippen LogP contribution in [0.4, 0.5) is 5.69 Å². The Hall–Kier alpha value is -1.18. The standard InChI is InChI=1S/C16H27NO/c1-4-6-9-13(3)17-16-14(10-7-5-2)11-8-12-15(16)18/h8,11-13,17-18H,4-7,9-10H2,1-3H3. The molecular formula is C16H27NO. The van der Waals surface area contributed by atoms with Crippen LogP contribution in [0.1, 0.15) is 58.4 Å². The lowest BCUT2D eigenvalue weighted by Crippen LogP contribution is -2.16. The number of hydrogen-bond acceptors (Lipinski definition) is 2. The number of rotatable bonds is 8.